The van der Waals surface area contributed by atoms with E-state index in [0.717, 1.165) is 4.48 Å². The molecule has 1 nitrogen and oxygen atoms in total. The molecule has 0 aliphatic heterocycles. The van der Waals surface area contributed by atoms with Crippen molar-refractivity contribution < 1.29 is 0 Å². The van der Waals surface area contributed by atoms with Crippen molar-refractivity contribution in [3.05, 3.63) is 22.8 Å². The van der Waals surface area contributed by atoms with E-state index >= 15 is 0 Å². The van der Waals surface area contributed by atoms with Crippen LogP contribution < -0.4 is 0 Å². The lowest BCUT2D eigenvalue weighted by atomic mass is 10.5. The highest BCUT2D eigenvalue weighted by atomic mass is 79.9. The monoisotopic (exact) mass is 173 g/mol. The van der Waals surface area contributed by atoms with E-state index in [0.29, 0.717) is 0 Å². The highest BCUT2D eigenvalue weighted by Crippen LogP contribution is 2.04. The fourth-order valence-corrected chi connectivity index (χ4v) is 0.338. The van der Waals surface area contributed by atoms with Crippen LogP contribution in [0.4, 0.5) is 0 Å². The third kappa shape index (κ3) is 3.81. The van der Waals surface area contributed by atoms with Crippen LogP contribution in [-0.2, 0) is 0 Å². The van der Waals surface area contributed by atoms with Crippen LogP contribution in [0.1, 0.15) is 6.92 Å². The Morgan fingerprint density at radius 2 is 2.38 bits per heavy atom. The Labute approximate surface area is 57.9 Å². The van der Waals surface area contributed by atoms with E-state index in [9.17, 15) is 0 Å². The average Bonchev–Trinajstić information content (AvgIpc) is 1.83. The highest BCUT2D eigenvalue weighted by molar-refractivity contribution is 9.11. The molecule has 0 aromatic carbocycles. The molecule has 0 amide bonds. The van der Waals surface area contributed by atoms with E-state index in [4.69, 9.17) is 0 Å². The third-order valence-corrected chi connectivity index (χ3v) is 1.34. The summed E-state index contributed by atoms with van der Waals surface area (Å²) in [6.45, 7) is 5.22. The van der Waals surface area contributed by atoms with Crippen molar-refractivity contribution >= 4 is 22.6 Å². The Kier molecular flexibility index (Phi) is 4.56. The fourth-order valence-electron chi connectivity index (χ4n) is 0.220. The topological polar surface area (TPSA) is 12.4 Å². The molecular weight excluding hydrogens is 166 g/mol. The Morgan fingerprint density at radius 3 is 2.75 bits per heavy atom. The van der Waals surface area contributed by atoms with Gasteiger partial charge in [-0.1, -0.05) is 22.0 Å². The molecule has 0 unspecified atom stereocenters. The molecule has 0 saturated carbocycles. The van der Waals surface area contributed by atoms with Gasteiger partial charge in [0.05, 0.1) is 0 Å². The van der Waals surface area contributed by atoms with Crippen LogP contribution in [0, 0.1) is 0 Å². The Balaban J connectivity index is 3.69. The van der Waals surface area contributed by atoms with Crippen molar-refractivity contribution in [1.29, 1.82) is 0 Å². The zero-order chi connectivity index (χ0) is 6.41. The maximum Gasteiger partial charge on any atom is 0.0271 e. The number of aliphatic imine (C=N–C) groups is 1. The van der Waals surface area contributed by atoms with Gasteiger partial charge in [-0.2, -0.15) is 0 Å². The second-order valence-electron chi connectivity index (χ2n) is 1.17. The molecule has 0 radical (unpaired) electrons. The van der Waals surface area contributed by atoms with Gasteiger partial charge in [-0.25, -0.2) is 0 Å². The quantitative estimate of drug-likeness (QED) is 0.450. The van der Waals surface area contributed by atoms with Crippen molar-refractivity contribution in [3.8, 4) is 0 Å². The summed E-state index contributed by atoms with van der Waals surface area (Å²) in [5.74, 6) is 0. The largest absolute Gasteiger partial charge is 0.272 e. The predicted octanol–water partition coefficient (Wildman–Crippen LogP) is 2.50. The third-order valence-electron chi connectivity index (χ3n) is 0.615. The summed E-state index contributed by atoms with van der Waals surface area (Å²) in [5.41, 5.74) is 0. The molecule has 0 fully saturated rings. The Bertz CT molecular complexity index is 124. The van der Waals surface area contributed by atoms with E-state index in [-0.39, 0.29) is 0 Å². The number of hydrogen-bond donors (Lipinski definition) is 0. The molecule has 44 valence electrons. The van der Waals surface area contributed by atoms with Crippen LogP contribution in [0.15, 0.2) is 27.8 Å². The van der Waals surface area contributed by atoms with Gasteiger partial charge in [-0.3, -0.25) is 4.99 Å². The molecule has 0 rings (SSSR count). The van der Waals surface area contributed by atoms with Gasteiger partial charge in [0.1, 0.15) is 0 Å². The minimum absolute atomic E-state index is 1.02. The number of hydrogen-bond acceptors (Lipinski definition) is 1. The van der Waals surface area contributed by atoms with Crippen LogP contribution >= 0.6 is 15.9 Å². The van der Waals surface area contributed by atoms with Gasteiger partial charge in [0.15, 0.2) is 0 Å². The normalized spacial score (nSPS) is 12.5. The molecule has 0 spiro atoms. The minimum atomic E-state index is 1.02. The van der Waals surface area contributed by atoms with Gasteiger partial charge in [-0.15, -0.1) is 0 Å². The van der Waals surface area contributed by atoms with Crippen LogP contribution in [0.3, 0.4) is 0 Å². The van der Waals surface area contributed by atoms with Crippen molar-refractivity contribution in [1.82, 2.24) is 0 Å². The second kappa shape index (κ2) is 4.78. The lowest BCUT2D eigenvalue weighted by molar-refractivity contribution is 1.59. The molecule has 0 aromatic heterocycles. The predicted molar refractivity (Wildman–Crippen MR) is 41.4 cm³/mol. The summed E-state index contributed by atoms with van der Waals surface area (Å²) in [6, 6.07) is 0. The van der Waals surface area contributed by atoms with Crippen molar-refractivity contribution in [2.75, 3.05) is 0 Å². The van der Waals surface area contributed by atoms with E-state index in [1.165, 1.54) is 0 Å². The Morgan fingerprint density at radius 1 is 1.75 bits per heavy atom. The number of halogens is 1. The van der Waals surface area contributed by atoms with Crippen molar-refractivity contribution in [2.24, 2.45) is 4.99 Å². The van der Waals surface area contributed by atoms with Gasteiger partial charge in [0, 0.05) is 10.7 Å². The standard InChI is InChI=1S/C6H8BrN/c1-3-6(7)4-5-8-2/h3-5H,2H2,1H3/b5-4-,6-3+. The summed E-state index contributed by atoms with van der Waals surface area (Å²) in [6.07, 6.45) is 5.39. The molecular formula is C6H8BrN. The smallest absolute Gasteiger partial charge is 0.0271 e. The molecule has 2 heteroatoms. The lowest BCUT2D eigenvalue weighted by Crippen LogP contribution is -1.55. The molecule has 0 aliphatic carbocycles. The first kappa shape index (κ1) is 7.63. The lowest BCUT2D eigenvalue weighted by Gasteiger charge is -1.79. The molecule has 0 bridgehead atoms. The van der Waals surface area contributed by atoms with Gasteiger partial charge < -0.3 is 0 Å². The van der Waals surface area contributed by atoms with Crippen molar-refractivity contribution in [2.45, 2.75) is 6.92 Å². The molecule has 0 aromatic rings. The number of allylic oxidation sites excluding steroid dienone is 3. The summed E-state index contributed by atoms with van der Waals surface area (Å²) in [7, 11) is 0. The SMILES string of the molecule is C=N/C=C\C(Br)=C/C. The van der Waals surface area contributed by atoms with E-state index < -0.39 is 0 Å². The van der Waals surface area contributed by atoms with Gasteiger partial charge >= 0.3 is 0 Å². The maximum absolute atomic E-state index is 3.52. The average molecular weight is 174 g/mol. The summed E-state index contributed by atoms with van der Waals surface area (Å²) in [4.78, 5) is 3.52. The molecule has 0 saturated heterocycles. The Hall–Kier alpha value is -0.370. The van der Waals surface area contributed by atoms with Crippen LogP contribution in [-0.4, -0.2) is 6.72 Å². The van der Waals surface area contributed by atoms with Crippen LogP contribution in [0.5, 0.6) is 0 Å². The van der Waals surface area contributed by atoms with Crippen LogP contribution in [0.2, 0.25) is 0 Å². The molecule has 0 atom stereocenters. The maximum atomic E-state index is 3.52. The molecule has 0 aliphatic rings. The first-order chi connectivity index (χ1) is 3.81. The summed E-state index contributed by atoms with van der Waals surface area (Å²) < 4.78 is 1.02. The second-order valence-corrected chi connectivity index (χ2v) is 2.09. The van der Waals surface area contributed by atoms with E-state index in [2.05, 4.69) is 27.6 Å². The summed E-state index contributed by atoms with van der Waals surface area (Å²) in [5, 5.41) is 0. The van der Waals surface area contributed by atoms with Crippen molar-refractivity contribution in [3.63, 3.8) is 0 Å². The zero-order valence-electron chi connectivity index (χ0n) is 4.76. The van der Waals surface area contributed by atoms with Gasteiger partial charge in [-0.05, 0) is 19.7 Å². The van der Waals surface area contributed by atoms with Crippen LogP contribution in [0.25, 0.3) is 0 Å². The molecule has 8 heavy (non-hydrogen) atoms. The minimum Gasteiger partial charge on any atom is -0.272 e. The number of rotatable bonds is 2. The zero-order valence-corrected chi connectivity index (χ0v) is 6.35. The first-order valence-electron chi connectivity index (χ1n) is 2.25. The summed E-state index contributed by atoms with van der Waals surface area (Å²) >= 11 is 3.26. The van der Waals surface area contributed by atoms with Gasteiger partial charge in [0.25, 0.3) is 0 Å². The van der Waals surface area contributed by atoms with E-state index in [1.807, 2.05) is 19.1 Å². The number of nitrogens with zero attached hydrogens (tertiary/aromatic N) is 1. The first-order valence-corrected chi connectivity index (χ1v) is 3.04. The highest BCUT2D eigenvalue weighted by Gasteiger charge is 1.74. The van der Waals surface area contributed by atoms with Gasteiger partial charge in [0.2, 0.25) is 0 Å². The molecule has 0 N–H and O–H groups in total. The molecule has 0 heterocycles. The fraction of sp³-hybridized carbons (Fsp3) is 0.167. The van der Waals surface area contributed by atoms with E-state index in [1.54, 1.807) is 6.20 Å².